The van der Waals surface area contributed by atoms with Gasteiger partial charge in [-0.25, -0.2) is 4.79 Å². The van der Waals surface area contributed by atoms with Gasteiger partial charge in [0.1, 0.15) is 6.61 Å². The van der Waals surface area contributed by atoms with Crippen LogP contribution in [0.15, 0.2) is 29.2 Å². The van der Waals surface area contributed by atoms with E-state index in [9.17, 15) is 22.8 Å². The molecule has 1 saturated heterocycles. The predicted octanol–water partition coefficient (Wildman–Crippen LogP) is 0.613. The number of ether oxygens (including phenoxy) is 1. The molecule has 11 nitrogen and oxygen atoms in total. The van der Waals surface area contributed by atoms with Crippen LogP contribution >= 0.6 is 0 Å². The molecule has 0 saturated carbocycles. The molecule has 1 fully saturated rings. The lowest BCUT2D eigenvalue weighted by Gasteiger charge is -2.40. The van der Waals surface area contributed by atoms with Crippen molar-refractivity contribution < 1.29 is 27.5 Å². The minimum absolute atomic E-state index is 0.0107. The molecule has 0 radical (unpaired) electrons. The van der Waals surface area contributed by atoms with Crippen molar-refractivity contribution in [2.75, 3.05) is 42.7 Å². The van der Waals surface area contributed by atoms with Crippen molar-refractivity contribution in [1.82, 2.24) is 24.8 Å². The highest BCUT2D eigenvalue weighted by molar-refractivity contribution is 5.80. The number of nitrogens with one attached hydrogen (secondary N) is 1. The highest BCUT2D eigenvalue weighted by atomic mass is 19.4. The van der Waals surface area contributed by atoms with Crippen molar-refractivity contribution in [3.05, 3.63) is 40.4 Å². The standard InChI is InChI=1S/C22H24F3N7O4/c1-3-4-11-31-16-17(28-20(29(2)18(16)33)35-14-15-7-5-6-8-27-15)32(36-19(34)22(23,24)25)21(31)30-12-9-26-10-13-30/h5-8,21,26H,9-14H2,1-2H3. The zero-order chi connectivity index (χ0) is 25.9. The summed E-state index contributed by atoms with van der Waals surface area (Å²) in [6.45, 7) is 3.47. The normalized spacial score (nSPS) is 17.9. The Balaban J connectivity index is 1.79. The first-order chi connectivity index (χ1) is 17.2. The van der Waals surface area contributed by atoms with E-state index in [-0.39, 0.29) is 30.7 Å². The fourth-order valence-corrected chi connectivity index (χ4v) is 3.88. The second kappa shape index (κ2) is 10.4. The third-order valence-corrected chi connectivity index (χ3v) is 5.58. The van der Waals surface area contributed by atoms with Gasteiger partial charge in [0.2, 0.25) is 5.82 Å². The number of aromatic nitrogens is 3. The Hall–Kier alpha value is -3.83. The molecule has 36 heavy (non-hydrogen) atoms. The molecule has 2 aromatic rings. The molecule has 2 aliphatic rings. The molecule has 1 N–H and O–H groups in total. The van der Waals surface area contributed by atoms with Crippen LogP contribution in [0.1, 0.15) is 12.6 Å². The second-order valence-corrected chi connectivity index (χ2v) is 7.93. The van der Waals surface area contributed by atoms with Gasteiger partial charge < -0.3 is 19.8 Å². The Morgan fingerprint density at radius 1 is 1.28 bits per heavy atom. The van der Waals surface area contributed by atoms with E-state index in [0.717, 1.165) is 9.63 Å². The van der Waals surface area contributed by atoms with Crippen molar-refractivity contribution in [1.29, 1.82) is 0 Å². The predicted molar refractivity (Wildman–Crippen MR) is 122 cm³/mol. The number of hydrogen-bond donors (Lipinski definition) is 1. The zero-order valence-electron chi connectivity index (χ0n) is 19.6. The summed E-state index contributed by atoms with van der Waals surface area (Å²) in [7, 11) is 1.43. The Kier molecular flexibility index (Phi) is 7.32. The van der Waals surface area contributed by atoms with Gasteiger partial charge in [-0.15, -0.1) is 11.0 Å². The number of hydrogen-bond acceptors (Lipinski definition) is 10. The van der Waals surface area contributed by atoms with E-state index in [1.165, 1.54) is 11.9 Å². The third kappa shape index (κ3) is 5.07. The zero-order valence-corrected chi connectivity index (χ0v) is 19.6. The Bertz CT molecular complexity index is 1220. The lowest BCUT2D eigenvalue weighted by Crippen LogP contribution is -2.61. The summed E-state index contributed by atoms with van der Waals surface area (Å²) in [6.07, 6.45) is -4.76. The van der Waals surface area contributed by atoms with Crippen molar-refractivity contribution >= 4 is 17.5 Å². The van der Waals surface area contributed by atoms with E-state index in [0.29, 0.717) is 31.9 Å². The van der Waals surface area contributed by atoms with E-state index in [4.69, 9.17) is 9.57 Å². The average molecular weight is 507 g/mol. The molecule has 0 bridgehead atoms. The number of pyridine rings is 1. The minimum Gasteiger partial charge on any atom is -0.458 e. The van der Waals surface area contributed by atoms with E-state index in [1.54, 1.807) is 36.2 Å². The average Bonchev–Trinajstić information content (AvgIpc) is 3.17. The number of carbonyl (C=O) groups excluding carboxylic acids is 1. The molecule has 0 amide bonds. The molecule has 192 valence electrons. The van der Waals surface area contributed by atoms with Gasteiger partial charge in [-0.1, -0.05) is 12.0 Å². The number of piperazine rings is 1. The van der Waals surface area contributed by atoms with E-state index >= 15 is 0 Å². The van der Waals surface area contributed by atoms with Gasteiger partial charge in [0.25, 0.3) is 5.56 Å². The molecule has 2 aliphatic heterocycles. The van der Waals surface area contributed by atoms with Gasteiger partial charge in [-0.2, -0.15) is 18.2 Å². The molecule has 4 rings (SSSR count). The summed E-state index contributed by atoms with van der Waals surface area (Å²) in [5.41, 5.74) is -0.102. The summed E-state index contributed by atoms with van der Waals surface area (Å²) < 4.78 is 46.4. The summed E-state index contributed by atoms with van der Waals surface area (Å²) >= 11 is 0. The van der Waals surface area contributed by atoms with Gasteiger partial charge in [-0.3, -0.25) is 19.2 Å². The van der Waals surface area contributed by atoms with Crippen LogP contribution in [0, 0.1) is 11.8 Å². The van der Waals surface area contributed by atoms with Crippen molar-refractivity contribution in [3.63, 3.8) is 0 Å². The van der Waals surface area contributed by atoms with Crippen LogP contribution in [-0.4, -0.2) is 70.6 Å². The molecule has 0 aromatic carbocycles. The molecular weight excluding hydrogens is 483 g/mol. The van der Waals surface area contributed by atoms with Crippen LogP contribution in [0.5, 0.6) is 6.01 Å². The number of alkyl halides is 3. The number of fused-ring (bicyclic) bond motifs is 1. The lowest BCUT2D eigenvalue weighted by molar-refractivity contribution is -0.203. The second-order valence-electron chi connectivity index (χ2n) is 7.93. The van der Waals surface area contributed by atoms with Crippen LogP contribution in [0.4, 0.5) is 24.7 Å². The molecular formula is C22H24F3N7O4. The summed E-state index contributed by atoms with van der Waals surface area (Å²) in [4.78, 5) is 41.9. The molecule has 2 aromatic heterocycles. The summed E-state index contributed by atoms with van der Waals surface area (Å²) in [5.74, 6) is 2.86. The van der Waals surface area contributed by atoms with Gasteiger partial charge in [0.05, 0.1) is 12.2 Å². The molecule has 1 atom stereocenters. The maximum atomic E-state index is 13.4. The molecule has 4 heterocycles. The third-order valence-electron chi connectivity index (χ3n) is 5.58. The maximum absolute atomic E-state index is 13.4. The Morgan fingerprint density at radius 3 is 2.67 bits per heavy atom. The van der Waals surface area contributed by atoms with Crippen LogP contribution in [0.2, 0.25) is 0 Å². The molecule has 0 spiro atoms. The minimum atomic E-state index is -5.26. The maximum Gasteiger partial charge on any atom is 0.493 e. The fraction of sp³-hybridized carbons (Fsp3) is 0.455. The van der Waals surface area contributed by atoms with E-state index in [1.807, 2.05) is 0 Å². The highest BCUT2D eigenvalue weighted by Gasteiger charge is 2.50. The van der Waals surface area contributed by atoms with E-state index < -0.39 is 24.0 Å². The summed E-state index contributed by atoms with van der Waals surface area (Å²) in [6, 6.07) is 5.00. The van der Waals surface area contributed by atoms with E-state index in [2.05, 4.69) is 27.1 Å². The number of halogens is 3. The van der Waals surface area contributed by atoms with Crippen molar-refractivity contribution in [3.8, 4) is 17.9 Å². The first-order valence-corrected chi connectivity index (χ1v) is 11.1. The van der Waals surface area contributed by atoms with Gasteiger partial charge in [-0.05, 0) is 19.1 Å². The number of hydroxylamine groups is 1. The summed E-state index contributed by atoms with van der Waals surface area (Å²) in [5, 5.41) is 3.88. The lowest BCUT2D eigenvalue weighted by atomic mass is 10.3. The fourth-order valence-electron chi connectivity index (χ4n) is 3.88. The first kappa shape index (κ1) is 25.3. The topological polar surface area (TPSA) is 105 Å². The van der Waals surface area contributed by atoms with Gasteiger partial charge in [0.15, 0.2) is 12.0 Å². The molecule has 14 heteroatoms. The number of carbonyl (C=O) groups is 1. The van der Waals surface area contributed by atoms with Crippen molar-refractivity contribution in [2.24, 2.45) is 7.05 Å². The number of nitrogens with zero attached hydrogens (tertiary/aromatic N) is 6. The molecule has 1 unspecified atom stereocenters. The number of anilines is 2. The first-order valence-electron chi connectivity index (χ1n) is 11.1. The van der Waals surface area contributed by atoms with Gasteiger partial charge in [0, 0.05) is 39.4 Å². The SMILES string of the molecule is CC#CCN1c2c(nc(OCc3ccccn3)n(C)c2=O)N(OC(=O)C(F)(F)F)C1N1CCNCC1. The monoisotopic (exact) mass is 507 g/mol. The smallest absolute Gasteiger partial charge is 0.458 e. The van der Waals surface area contributed by atoms with Crippen LogP contribution in [0.25, 0.3) is 0 Å². The van der Waals surface area contributed by atoms with Gasteiger partial charge >= 0.3 is 18.2 Å². The van der Waals surface area contributed by atoms with Crippen molar-refractivity contribution in [2.45, 2.75) is 26.0 Å². The highest BCUT2D eigenvalue weighted by Crippen LogP contribution is 2.39. The molecule has 0 aliphatic carbocycles. The largest absolute Gasteiger partial charge is 0.493 e. The van der Waals surface area contributed by atoms with Crippen LogP contribution in [-0.2, 0) is 23.3 Å². The Labute approximate surface area is 204 Å². The van der Waals surface area contributed by atoms with Crippen LogP contribution < -0.4 is 25.6 Å². The number of rotatable bonds is 6. The Morgan fingerprint density at radius 2 is 2.03 bits per heavy atom. The van der Waals surface area contributed by atoms with Crippen LogP contribution in [0.3, 0.4) is 0 Å². The quantitative estimate of drug-likeness (QED) is 0.560.